The summed E-state index contributed by atoms with van der Waals surface area (Å²) in [4.78, 5) is 14.2. The Morgan fingerprint density at radius 3 is 2.17 bits per heavy atom. The maximum absolute atomic E-state index is 12.4. The number of anilines is 1. The number of thioether (sulfide) groups is 2. The average Bonchev–Trinajstić information content (AvgIpc) is 2.43. The summed E-state index contributed by atoms with van der Waals surface area (Å²) in [6, 6.07) is 9.73. The van der Waals surface area contributed by atoms with Crippen molar-refractivity contribution in [3.63, 3.8) is 0 Å². The van der Waals surface area contributed by atoms with Gasteiger partial charge in [-0.3, -0.25) is 9.69 Å². The van der Waals surface area contributed by atoms with Gasteiger partial charge in [0.25, 0.3) is 5.91 Å². The molecule has 0 spiro atoms. The molecule has 5 heteroatoms. The van der Waals surface area contributed by atoms with E-state index in [4.69, 9.17) is 4.74 Å². The van der Waals surface area contributed by atoms with Gasteiger partial charge in [-0.05, 0) is 31.6 Å². The Kier molecular flexibility index (Phi) is 3.67. The molecule has 1 unspecified atom stereocenters. The smallest absolute Gasteiger partial charge is 0.265 e. The number of benzene rings is 1. The fraction of sp³-hybridized carbons (Fsp3) is 0.462. The van der Waals surface area contributed by atoms with Crippen molar-refractivity contribution < 1.29 is 9.53 Å². The zero-order valence-corrected chi connectivity index (χ0v) is 12.6. The molecule has 98 valence electrons. The minimum atomic E-state index is -0.776. The summed E-state index contributed by atoms with van der Waals surface area (Å²) in [5.41, 5.74) is 0.141. The first-order valence-corrected chi connectivity index (χ1v) is 8.07. The molecule has 0 saturated carbocycles. The molecule has 1 atom stereocenters. The molecule has 1 aliphatic heterocycles. The third kappa shape index (κ3) is 1.54. The number of carbonyl (C=O) groups is 1. The largest absolute Gasteiger partial charge is 0.364 e. The Balaban J connectivity index is 2.47. The number of β-lactam (4-membered cyclic amide) rings is 1. The van der Waals surface area contributed by atoms with E-state index >= 15 is 0 Å². The third-order valence-corrected chi connectivity index (χ3v) is 6.74. The van der Waals surface area contributed by atoms with Gasteiger partial charge in [0, 0.05) is 12.8 Å². The van der Waals surface area contributed by atoms with E-state index in [1.54, 1.807) is 30.6 Å². The maximum Gasteiger partial charge on any atom is 0.265 e. The van der Waals surface area contributed by atoms with Gasteiger partial charge in [0.2, 0.25) is 0 Å². The normalized spacial score (nSPS) is 26.0. The lowest BCUT2D eigenvalue weighted by Gasteiger charge is -2.60. The highest BCUT2D eigenvalue weighted by molar-refractivity contribution is 8.18. The van der Waals surface area contributed by atoms with E-state index in [2.05, 4.69) is 0 Å². The van der Waals surface area contributed by atoms with Gasteiger partial charge in [-0.25, -0.2) is 0 Å². The molecule has 0 radical (unpaired) electrons. The van der Waals surface area contributed by atoms with Crippen molar-refractivity contribution in [2.75, 3.05) is 24.5 Å². The molecule has 1 aliphatic rings. The first kappa shape index (κ1) is 13.8. The van der Waals surface area contributed by atoms with Gasteiger partial charge < -0.3 is 4.74 Å². The van der Waals surface area contributed by atoms with Crippen LogP contribution in [0.2, 0.25) is 0 Å². The van der Waals surface area contributed by atoms with Crippen molar-refractivity contribution in [2.24, 2.45) is 0 Å². The molecule has 0 bridgehead atoms. The van der Waals surface area contributed by atoms with Gasteiger partial charge in [0.15, 0.2) is 9.80 Å². The number of rotatable bonds is 4. The second kappa shape index (κ2) is 4.79. The van der Waals surface area contributed by atoms with Crippen LogP contribution in [0.5, 0.6) is 0 Å². The van der Waals surface area contributed by atoms with Crippen LogP contribution in [0.4, 0.5) is 5.69 Å². The topological polar surface area (TPSA) is 29.5 Å². The van der Waals surface area contributed by atoms with E-state index in [1.807, 2.05) is 54.7 Å². The zero-order valence-electron chi connectivity index (χ0n) is 11.0. The monoisotopic (exact) mass is 283 g/mol. The molecule has 0 aliphatic carbocycles. The molecule has 18 heavy (non-hydrogen) atoms. The van der Waals surface area contributed by atoms with Crippen LogP contribution in [0, 0.1) is 0 Å². The Bertz CT molecular complexity index is 448. The van der Waals surface area contributed by atoms with E-state index in [0.29, 0.717) is 0 Å². The van der Waals surface area contributed by atoms with Gasteiger partial charge in [0.05, 0.1) is 0 Å². The number of methoxy groups -OCH3 is 1. The fourth-order valence-corrected chi connectivity index (χ4v) is 4.91. The van der Waals surface area contributed by atoms with E-state index in [9.17, 15) is 4.79 Å². The molecule has 1 saturated heterocycles. The fourth-order valence-electron chi connectivity index (χ4n) is 2.38. The molecule has 0 N–H and O–H groups in total. The van der Waals surface area contributed by atoms with Gasteiger partial charge >= 0.3 is 0 Å². The minimum absolute atomic E-state index is 0.0138. The van der Waals surface area contributed by atoms with Gasteiger partial charge in [-0.1, -0.05) is 18.2 Å². The van der Waals surface area contributed by atoms with Crippen molar-refractivity contribution in [2.45, 2.75) is 16.7 Å². The standard InChI is InChI=1S/C13H17NO2S2/c1-12(16-2)11(15)14(13(12,17-3)18-4)10-8-6-5-7-9-10/h5-9H,1-4H3. The second-order valence-corrected chi connectivity index (χ2v) is 6.46. The van der Waals surface area contributed by atoms with Crippen LogP contribution < -0.4 is 4.90 Å². The molecule has 1 amide bonds. The van der Waals surface area contributed by atoms with Crippen LogP contribution in [-0.4, -0.2) is 35.3 Å². The highest BCUT2D eigenvalue weighted by Crippen LogP contribution is 2.57. The number of amides is 1. The Morgan fingerprint density at radius 2 is 1.72 bits per heavy atom. The molecular weight excluding hydrogens is 266 g/mol. The Hall–Kier alpha value is -0.650. The SMILES string of the molecule is COC1(C)C(=O)N(c2ccccc2)C1(SC)SC. The quantitative estimate of drug-likeness (QED) is 0.628. The predicted molar refractivity (Wildman–Crippen MR) is 79.1 cm³/mol. The van der Waals surface area contributed by atoms with Crippen LogP contribution in [-0.2, 0) is 9.53 Å². The van der Waals surface area contributed by atoms with Gasteiger partial charge in [0.1, 0.15) is 0 Å². The number of nitrogens with zero attached hydrogens (tertiary/aromatic N) is 1. The number of ether oxygens (including phenoxy) is 1. The lowest BCUT2D eigenvalue weighted by atomic mass is 9.92. The lowest BCUT2D eigenvalue weighted by Crippen LogP contribution is -2.79. The molecule has 1 aromatic rings. The summed E-state index contributed by atoms with van der Waals surface area (Å²) >= 11 is 3.28. The lowest BCUT2D eigenvalue weighted by molar-refractivity contribution is -0.152. The van der Waals surface area contributed by atoms with Crippen LogP contribution in [0.3, 0.4) is 0 Å². The first-order chi connectivity index (χ1) is 8.57. The van der Waals surface area contributed by atoms with Crippen LogP contribution >= 0.6 is 23.5 Å². The predicted octanol–water partition coefficient (Wildman–Crippen LogP) is 2.82. The van der Waals surface area contributed by atoms with Crippen molar-refractivity contribution in [3.05, 3.63) is 30.3 Å². The zero-order chi connectivity index (χ0) is 13.4. The highest BCUT2D eigenvalue weighted by atomic mass is 32.2. The second-order valence-electron chi connectivity index (χ2n) is 4.20. The molecular formula is C13H17NO2S2. The molecule has 0 aromatic heterocycles. The van der Waals surface area contributed by atoms with Crippen molar-refractivity contribution in [1.82, 2.24) is 0 Å². The summed E-state index contributed by atoms with van der Waals surface area (Å²) in [5, 5.41) is 0. The molecule has 1 heterocycles. The van der Waals surface area contributed by atoms with E-state index in [0.717, 1.165) is 5.69 Å². The van der Waals surface area contributed by atoms with Crippen molar-refractivity contribution in [3.8, 4) is 0 Å². The summed E-state index contributed by atoms with van der Waals surface area (Å²) < 4.78 is 5.10. The number of hydrogen-bond acceptors (Lipinski definition) is 4. The summed E-state index contributed by atoms with van der Waals surface area (Å²) in [6.07, 6.45) is 4.02. The summed E-state index contributed by atoms with van der Waals surface area (Å²) in [5.74, 6) is 0.0138. The molecule has 1 fully saturated rings. The van der Waals surface area contributed by atoms with Crippen molar-refractivity contribution in [1.29, 1.82) is 0 Å². The highest BCUT2D eigenvalue weighted by Gasteiger charge is 2.70. The van der Waals surface area contributed by atoms with Crippen molar-refractivity contribution >= 4 is 35.1 Å². The number of carbonyl (C=O) groups excluding carboxylic acids is 1. The Labute approximate surface area is 116 Å². The first-order valence-electron chi connectivity index (χ1n) is 5.62. The van der Waals surface area contributed by atoms with Gasteiger partial charge in [-0.2, -0.15) is 0 Å². The minimum Gasteiger partial charge on any atom is -0.364 e. The third-order valence-electron chi connectivity index (χ3n) is 3.48. The van der Waals surface area contributed by atoms with E-state index in [1.165, 1.54) is 0 Å². The maximum atomic E-state index is 12.4. The van der Waals surface area contributed by atoms with E-state index in [-0.39, 0.29) is 5.91 Å². The summed E-state index contributed by atoms with van der Waals surface area (Å²) in [6.45, 7) is 1.86. The van der Waals surface area contributed by atoms with E-state index < -0.39 is 9.80 Å². The number of para-hydroxylation sites is 1. The Morgan fingerprint density at radius 1 is 1.17 bits per heavy atom. The average molecular weight is 283 g/mol. The molecule has 2 rings (SSSR count). The molecule has 3 nitrogen and oxygen atoms in total. The number of hydrogen-bond donors (Lipinski definition) is 0. The molecule has 1 aromatic carbocycles. The van der Waals surface area contributed by atoms with Gasteiger partial charge in [-0.15, -0.1) is 23.5 Å². The van der Waals surface area contributed by atoms with Crippen LogP contribution in [0.1, 0.15) is 6.92 Å². The van der Waals surface area contributed by atoms with Crippen LogP contribution in [0.15, 0.2) is 30.3 Å². The van der Waals surface area contributed by atoms with Crippen LogP contribution in [0.25, 0.3) is 0 Å². The summed E-state index contributed by atoms with van der Waals surface area (Å²) in [7, 11) is 1.60.